The number of aromatic nitrogens is 4. The van der Waals surface area contributed by atoms with Crippen molar-refractivity contribution in [1.82, 2.24) is 19.1 Å². The highest BCUT2D eigenvalue weighted by Gasteiger charge is 2.21. The second kappa shape index (κ2) is 13.0. The van der Waals surface area contributed by atoms with Crippen molar-refractivity contribution in [2.24, 2.45) is 0 Å². The lowest BCUT2D eigenvalue weighted by atomic mass is 9.98. The summed E-state index contributed by atoms with van der Waals surface area (Å²) in [6.45, 7) is 10.8. The maximum absolute atomic E-state index is 13.0. The molecule has 0 unspecified atom stereocenters. The lowest BCUT2D eigenvalue weighted by molar-refractivity contribution is 0.00704. The SMILES string of the molecule is CCCc1nc2c(C)cc(-c3cn(C4CCCCCC4)cn3)cc2n1Cc1ccc(-c2ccccc2C(=O)OC(C)(C)C)cc1. The van der Waals surface area contributed by atoms with E-state index < -0.39 is 5.60 Å². The van der Waals surface area contributed by atoms with Crippen LogP contribution in [0, 0.1) is 6.92 Å². The Balaban J connectivity index is 1.31. The van der Waals surface area contributed by atoms with E-state index in [0.717, 1.165) is 58.6 Å². The number of imidazole rings is 2. The number of rotatable bonds is 8. The highest BCUT2D eigenvalue weighted by molar-refractivity contribution is 5.97. The summed E-state index contributed by atoms with van der Waals surface area (Å²) >= 11 is 0. The summed E-state index contributed by atoms with van der Waals surface area (Å²) in [6, 6.07) is 21.3. The van der Waals surface area contributed by atoms with Crippen LogP contribution in [0.5, 0.6) is 0 Å². The first kappa shape index (κ1) is 30.8. The molecule has 0 spiro atoms. The predicted molar refractivity (Wildman–Crippen MR) is 183 cm³/mol. The number of carbonyl (C=O) groups is 1. The maximum atomic E-state index is 13.0. The van der Waals surface area contributed by atoms with Gasteiger partial charge in [0.15, 0.2) is 0 Å². The topological polar surface area (TPSA) is 61.9 Å². The minimum absolute atomic E-state index is 0.304. The van der Waals surface area contributed by atoms with Gasteiger partial charge in [-0.15, -0.1) is 0 Å². The molecule has 0 atom stereocenters. The van der Waals surface area contributed by atoms with Gasteiger partial charge in [-0.25, -0.2) is 14.8 Å². The molecule has 0 saturated heterocycles. The molecule has 6 heteroatoms. The number of carbonyl (C=O) groups excluding carboxylic acids is 1. The van der Waals surface area contributed by atoms with Gasteiger partial charge in [-0.05, 0) is 87.4 Å². The second-order valence-corrected chi connectivity index (χ2v) is 13.6. The van der Waals surface area contributed by atoms with Crippen LogP contribution in [0.15, 0.2) is 73.2 Å². The summed E-state index contributed by atoms with van der Waals surface area (Å²) in [6.07, 6.45) is 14.0. The number of hydrogen-bond acceptors (Lipinski definition) is 4. The lowest BCUT2D eigenvalue weighted by Gasteiger charge is -2.20. The second-order valence-electron chi connectivity index (χ2n) is 13.6. The Morgan fingerprint density at radius 1 is 0.956 bits per heavy atom. The third kappa shape index (κ3) is 6.90. The zero-order valence-corrected chi connectivity index (χ0v) is 27.5. The number of esters is 1. The summed E-state index contributed by atoms with van der Waals surface area (Å²) in [4.78, 5) is 23.0. The van der Waals surface area contributed by atoms with E-state index in [2.05, 4.69) is 65.6 Å². The van der Waals surface area contributed by atoms with Gasteiger partial charge in [0.05, 0.1) is 28.6 Å². The van der Waals surface area contributed by atoms with Crippen molar-refractivity contribution in [2.75, 3.05) is 0 Å². The molecule has 6 rings (SSSR count). The van der Waals surface area contributed by atoms with E-state index in [1.54, 1.807) is 0 Å². The minimum Gasteiger partial charge on any atom is -0.456 e. The van der Waals surface area contributed by atoms with Crippen molar-refractivity contribution >= 4 is 17.0 Å². The van der Waals surface area contributed by atoms with E-state index in [-0.39, 0.29) is 5.97 Å². The zero-order chi connectivity index (χ0) is 31.6. The first-order valence-corrected chi connectivity index (χ1v) is 16.7. The standard InChI is InChI=1S/C39H46N4O2/c1-6-13-36-41-37-27(2)22-30(34-25-42(26-40-34)31-14-9-7-8-10-15-31)23-35(37)43(36)24-28-18-20-29(21-19-28)32-16-11-12-17-33(32)38(44)45-39(3,4)5/h11-12,16-23,25-26,31H,6-10,13-15,24H2,1-5H3. The molecule has 1 aliphatic carbocycles. The number of nitrogens with zero attached hydrogens (tertiary/aromatic N) is 4. The van der Waals surface area contributed by atoms with Crippen LogP contribution in [0.3, 0.4) is 0 Å². The van der Waals surface area contributed by atoms with E-state index >= 15 is 0 Å². The Kier molecular flexibility index (Phi) is 8.93. The predicted octanol–water partition coefficient (Wildman–Crippen LogP) is 9.73. The molecule has 0 aliphatic heterocycles. The number of benzene rings is 3. The van der Waals surface area contributed by atoms with Crippen molar-refractivity contribution in [3.05, 3.63) is 95.7 Å². The Morgan fingerprint density at radius 2 is 1.69 bits per heavy atom. The monoisotopic (exact) mass is 602 g/mol. The fourth-order valence-electron chi connectivity index (χ4n) is 6.64. The summed E-state index contributed by atoms with van der Waals surface area (Å²) in [5.74, 6) is 0.803. The Bertz CT molecular complexity index is 1780. The van der Waals surface area contributed by atoms with E-state index in [9.17, 15) is 4.79 Å². The minimum atomic E-state index is -0.551. The van der Waals surface area contributed by atoms with Crippen molar-refractivity contribution < 1.29 is 9.53 Å². The lowest BCUT2D eigenvalue weighted by Crippen LogP contribution is -2.24. The van der Waals surface area contributed by atoms with Crippen molar-refractivity contribution in [2.45, 2.75) is 104 Å². The number of aryl methyl sites for hydroxylation is 2. The summed E-state index contributed by atoms with van der Waals surface area (Å²) in [7, 11) is 0. The fraction of sp³-hybridized carbons (Fsp3) is 0.410. The van der Waals surface area contributed by atoms with Gasteiger partial charge in [0.1, 0.15) is 11.4 Å². The molecule has 2 aromatic heterocycles. The van der Waals surface area contributed by atoms with Gasteiger partial charge in [0.25, 0.3) is 0 Å². The quantitative estimate of drug-likeness (QED) is 0.131. The number of hydrogen-bond donors (Lipinski definition) is 0. The average Bonchev–Trinajstić information content (AvgIpc) is 3.53. The molecule has 0 radical (unpaired) electrons. The largest absolute Gasteiger partial charge is 0.456 e. The normalized spacial score (nSPS) is 14.5. The molecule has 234 valence electrons. The Labute approximate surface area is 267 Å². The van der Waals surface area contributed by atoms with E-state index in [0.29, 0.717) is 11.6 Å². The summed E-state index contributed by atoms with van der Waals surface area (Å²) < 4.78 is 10.4. The molecule has 0 amide bonds. The molecule has 3 aromatic carbocycles. The highest BCUT2D eigenvalue weighted by Crippen LogP contribution is 2.32. The fourth-order valence-corrected chi connectivity index (χ4v) is 6.64. The van der Waals surface area contributed by atoms with Crippen LogP contribution in [0.2, 0.25) is 0 Å². The van der Waals surface area contributed by atoms with Gasteiger partial charge in [-0.2, -0.15) is 0 Å². The first-order chi connectivity index (χ1) is 21.7. The van der Waals surface area contributed by atoms with Crippen LogP contribution in [0.4, 0.5) is 0 Å². The first-order valence-electron chi connectivity index (χ1n) is 16.7. The van der Waals surface area contributed by atoms with Gasteiger partial charge in [-0.1, -0.05) is 75.1 Å². The Morgan fingerprint density at radius 3 is 2.40 bits per heavy atom. The van der Waals surface area contributed by atoms with E-state index in [4.69, 9.17) is 14.7 Å². The smallest absolute Gasteiger partial charge is 0.339 e. The highest BCUT2D eigenvalue weighted by atomic mass is 16.6. The third-order valence-corrected chi connectivity index (χ3v) is 8.89. The number of fused-ring (bicyclic) bond motifs is 1. The number of ether oxygens (including phenoxy) is 1. The van der Waals surface area contributed by atoms with Crippen LogP contribution in [0.25, 0.3) is 33.4 Å². The summed E-state index contributed by atoms with van der Waals surface area (Å²) in [5, 5.41) is 0. The molecular formula is C39H46N4O2. The Hall–Kier alpha value is -4.19. The van der Waals surface area contributed by atoms with E-state index in [1.165, 1.54) is 49.7 Å². The van der Waals surface area contributed by atoms with Crippen molar-refractivity contribution in [3.8, 4) is 22.4 Å². The van der Waals surface area contributed by atoms with E-state index in [1.807, 2.05) is 51.4 Å². The molecule has 5 aromatic rings. The molecule has 1 saturated carbocycles. The molecule has 45 heavy (non-hydrogen) atoms. The van der Waals surface area contributed by atoms with Crippen molar-refractivity contribution in [1.29, 1.82) is 0 Å². The molecule has 2 heterocycles. The van der Waals surface area contributed by atoms with Crippen LogP contribution in [-0.2, 0) is 17.7 Å². The summed E-state index contributed by atoms with van der Waals surface area (Å²) in [5.41, 5.74) is 8.65. The maximum Gasteiger partial charge on any atom is 0.339 e. The molecule has 0 bridgehead atoms. The molecule has 6 nitrogen and oxygen atoms in total. The van der Waals surface area contributed by atoms with Gasteiger partial charge in [-0.3, -0.25) is 0 Å². The van der Waals surface area contributed by atoms with Gasteiger partial charge in [0, 0.05) is 30.8 Å². The van der Waals surface area contributed by atoms with Crippen LogP contribution < -0.4 is 0 Å². The molecule has 1 aliphatic rings. The molecule has 1 fully saturated rings. The van der Waals surface area contributed by atoms with Crippen LogP contribution in [0.1, 0.15) is 106 Å². The van der Waals surface area contributed by atoms with Crippen LogP contribution >= 0.6 is 0 Å². The third-order valence-electron chi connectivity index (χ3n) is 8.89. The van der Waals surface area contributed by atoms with Gasteiger partial charge in [0.2, 0.25) is 0 Å². The molecule has 0 N–H and O–H groups in total. The average molecular weight is 603 g/mol. The molecular weight excluding hydrogens is 556 g/mol. The zero-order valence-electron chi connectivity index (χ0n) is 27.5. The van der Waals surface area contributed by atoms with Crippen molar-refractivity contribution in [3.63, 3.8) is 0 Å². The van der Waals surface area contributed by atoms with Gasteiger partial charge >= 0.3 is 5.97 Å². The van der Waals surface area contributed by atoms with Crippen LogP contribution in [-0.4, -0.2) is 30.7 Å². The van der Waals surface area contributed by atoms with Gasteiger partial charge < -0.3 is 13.9 Å².